The molecular weight excluding hydrogens is 388 g/mol. The van der Waals surface area contributed by atoms with Crippen LogP contribution < -0.4 is 0 Å². The average Bonchev–Trinajstić information content (AvgIpc) is 3.33. The maximum absolute atomic E-state index is 12.6. The van der Waals surface area contributed by atoms with Crippen LogP contribution in [0.3, 0.4) is 0 Å². The normalized spacial score (nSPS) is 23.0. The Morgan fingerprint density at radius 2 is 1.80 bits per heavy atom. The lowest BCUT2D eigenvalue weighted by molar-refractivity contribution is -0.132. The van der Waals surface area contributed by atoms with E-state index >= 15 is 0 Å². The third kappa shape index (κ3) is 4.97. The predicted molar refractivity (Wildman–Crippen MR) is 126 cm³/mol. The van der Waals surface area contributed by atoms with E-state index in [4.69, 9.17) is 0 Å². The Hall–Kier alpha value is -1.65. The Morgan fingerprint density at radius 1 is 1.07 bits per heavy atom. The summed E-state index contributed by atoms with van der Waals surface area (Å²) in [4.78, 5) is 18.9. The van der Waals surface area contributed by atoms with E-state index in [0.29, 0.717) is 17.9 Å². The number of thiophene rings is 1. The van der Waals surface area contributed by atoms with Crippen LogP contribution >= 0.6 is 11.3 Å². The van der Waals surface area contributed by atoms with Crippen molar-refractivity contribution in [3.05, 3.63) is 57.3 Å². The fourth-order valence-electron chi connectivity index (χ4n) is 5.42. The molecule has 2 fully saturated rings. The summed E-state index contributed by atoms with van der Waals surface area (Å²) in [6.45, 7) is 10.2. The molecule has 4 rings (SSSR count). The Balaban J connectivity index is 1.54. The van der Waals surface area contributed by atoms with Crippen molar-refractivity contribution in [1.82, 2.24) is 9.80 Å². The van der Waals surface area contributed by atoms with Crippen molar-refractivity contribution in [2.45, 2.75) is 71.4 Å². The highest BCUT2D eigenvalue weighted by atomic mass is 32.1. The SMILES string of the molecule is CC(=O)N(C[C@H]1CN(Cc2sccc2C)C[C@H]1c1ccc(C)cc1)C1CCCCC1. The molecule has 3 nitrogen and oxygen atoms in total. The van der Waals surface area contributed by atoms with Crippen LogP contribution in [0.1, 0.15) is 66.5 Å². The minimum atomic E-state index is 0.261. The molecule has 2 atom stereocenters. The zero-order valence-corrected chi connectivity index (χ0v) is 19.6. The fraction of sp³-hybridized carbons (Fsp3) is 0.577. The molecule has 1 aliphatic heterocycles. The van der Waals surface area contributed by atoms with Gasteiger partial charge in [0, 0.05) is 49.9 Å². The molecule has 0 spiro atoms. The molecule has 1 aromatic heterocycles. The highest BCUT2D eigenvalue weighted by Gasteiger charge is 2.37. The van der Waals surface area contributed by atoms with Crippen LogP contribution in [0.2, 0.25) is 0 Å². The molecule has 1 aliphatic carbocycles. The zero-order chi connectivity index (χ0) is 21.1. The molecule has 2 heterocycles. The molecule has 2 aliphatic rings. The summed E-state index contributed by atoms with van der Waals surface area (Å²) in [5, 5.41) is 2.20. The molecule has 0 N–H and O–H groups in total. The third-order valence-electron chi connectivity index (χ3n) is 7.21. The van der Waals surface area contributed by atoms with Crippen LogP contribution in [-0.2, 0) is 11.3 Å². The lowest BCUT2D eigenvalue weighted by Gasteiger charge is -2.36. The van der Waals surface area contributed by atoms with Gasteiger partial charge in [0.05, 0.1) is 0 Å². The number of carbonyl (C=O) groups is 1. The van der Waals surface area contributed by atoms with Gasteiger partial charge in [-0.05, 0) is 55.2 Å². The van der Waals surface area contributed by atoms with Crippen LogP contribution in [0.5, 0.6) is 0 Å². The second-order valence-corrected chi connectivity index (χ2v) is 10.5. The molecule has 1 aromatic carbocycles. The van der Waals surface area contributed by atoms with Gasteiger partial charge in [0.2, 0.25) is 5.91 Å². The average molecular weight is 425 g/mol. The summed E-state index contributed by atoms with van der Waals surface area (Å²) in [5.41, 5.74) is 4.15. The number of hydrogen-bond acceptors (Lipinski definition) is 3. The minimum absolute atomic E-state index is 0.261. The minimum Gasteiger partial charge on any atom is -0.340 e. The Labute approximate surface area is 186 Å². The summed E-state index contributed by atoms with van der Waals surface area (Å²) >= 11 is 1.87. The van der Waals surface area contributed by atoms with Crippen molar-refractivity contribution in [3.63, 3.8) is 0 Å². The molecule has 0 bridgehead atoms. The highest BCUT2D eigenvalue weighted by Crippen LogP contribution is 2.36. The number of carbonyl (C=O) groups excluding carboxylic acids is 1. The van der Waals surface area contributed by atoms with Crippen molar-refractivity contribution in [3.8, 4) is 0 Å². The van der Waals surface area contributed by atoms with Gasteiger partial charge in [-0.2, -0.15) is 0 Å². The number of nitrogens with zero attached hydrogens (tertiary/aromatic N) is 2. The smallest absolute Gasteiger partial charge is 0.219 e. The van der Waals surface area contributed by atoms with E-state index < -0.39 is 0 Å². The first-order chi connectivity index (χ1) is 14.5. The molecule has 30 heavy (non-hydrogen) atoms. The van der Waals surface area contributed by atoms with E-state index in [1.807, 2.05) is 11.3 Å². The summed E-state index contributed by atoms with van der Waals surface area (Å²) in [7, 11) is 0. The lowest BCUT2D eigenvalue weighted by atomic mass is 9.87. The van der Waals surface area contributed by atoms with E-state index in [1.165, 1.54) is 53.7 Å². The first-order valence-electron chi connectivity index (χ1n) is 11.6. The van der Waals surface area contributed by atoms with Gasteiger partial charge in [-0.3, -0.25) is 9.69 Å². The maximum Gasteiger partial charge on any atom is 0.219 e. The molecule has 1 amide bonds. The monoisotopic (exact) mass is 424 g/mol. The van der Waals surface area contributed by atoms with Gasteiger partial charge in [-0.15, -0.1) is 11.3 Å². The standard InChI is InChI=1S/C26H36N2OS/c1-19-9-11-22(12-10-19)25-17-27(18-26-20(2)13-14-30-26)15-23(25)16-28(21(3)29)24-7-5-4-6-8-24/h9-14,23-25H,4-8,15-18H2,1-3H3/t23-,25+/m1/s1. The number of benzene rings is 1. The van der Waals surface area contributed by atoms with Crippen molar-refractivity contribution in [1.29, 1.82) is 0 Å². The van der Waals surface area contributed by atoms with E-state index in [-0.39, 0.29) is 5.91 Å². The molecule has 4 heteroatoms. The van der Waals surface area contributed by atoms with Crippen molar-refractivity contribution >= 4 is 17.2 Å². The zero-order valence-electron chi connectivity index (χ0n) is 18.8. The van der Waals surface area contributed by atoms with Gasteiger partial charge in [0.15, 0.2) is 0 Å². The Bertz CT molecular complexity index is 837. The van der Waals surface area contributed by atoms with Crippen LogP contribution in [0.25, 0.3) is 0 Å². The molecule has 0 radical (unpaired) electrons. The summed E-state index contributed by atoms with van der Waals surface area (Å²) < 4.78 is 0. The molecule has 162 valence electrons. The van der Waals surface area contributed by atoms with Crippen LogP contribution in [0.15, 0.2) is 35.7 Å². The van der Waals surface area contributed by atoms with Gasteiger partial charge in [-0.1, -0.05) is 49.1 Å². The second kappa shape index (κ2) is 9.65. The molecular formula is C26H36N2OS. The summed E-state index contributed by atoms with van der Waals surface area (Å²) in [6, 6.07) is 11.8. The summed E-state index contributed by atoms with van der Waals surface area (Å²) in [6.07, 6.45) is 6.22. The third-order valence-corrected chi connectivity index (χ3v) is 8.22. The molecule has 1 saturated carbocycles. The number of likely N-dealkylation sites (tertiary alicyclic amines) is 1. The lowest BCUT2D eigenvalue weighted by Crippen LogP contribution is -2.44. The van der Waals surface area contributed by atoms with Gasteiger partial charge in [0.25, 0.3) is 0 Å². The van der Waals surface area contributed by atoms with Gasteiger partial charge < -0.3 is 4.90 Å². The van der Waals surface area contributed by atoms with E-state index in [0.717, 1.165) is 26.2 Å². The fourth-order valence-corrected chi connectivity index (χ4v) is 6.36. The van der Waals surface area contributed by atoms with Crippen LogP contribution in [-0.4, -0.2) is 41.4 Å². The highest BCUT2D eigenvalue weighted by molar-refractivity contribution is 7.10. The molecule has 0 unspecified atom stereocenters. The van der Waals surface area contributed by atoms with Crippen molar-refractivity contribution in [2.24, 2.45) is 5.92 Å². The van der Waals surface area contributed by atoms with E-state index in [9.17, 15) is 4.79 Å². The number of rotatable bonds is 6. The van der Waals surface area contributed by atoms with E-state index in [2.05, 4.69) is 59.4 Å². The quantitative estimate of drug-likeness (QED) is 0.588. The van der Waals surface area contributed by atoms with Crippen molar-refractivity contribution in [2.75, 3.05) is 19.6 Å². The number of hydrogen-bond donors (Lipinski definition) is 0. The predicted octanol–water partition coefficient (Wildman–Crippen LogP) is 5.76. The van der Waals surface area contributed by atoms with Gasteiger partial charge >= 0.3 is 0 Å². The largest absolute Gasteiger partial charge is 0.340 e. The second-order valence-electron chi connectivity index (χ2n) is 9.46. The molecule has 1 saturated heterocycles. The first-order valence-corrected chi connectivity index (χ1v) is 12.5. The van der Waals surface area contributed by atoms with E-state index in [1.54, 1.807) is 6.92 Å². The number of aryl methyl sites for hydroxylation is 2. The van der Waals surface area contributed by atoms with Gasteiger partial charge in [0.1, 0.15) is 0 Å². The maximum atomic E-state index is 12.6. The van der Waals surface area contributed by atoms with Crippen LogP contribution in [0.4, 0.5) is 0 Å². The first kappa shape index (κ1) is 21.6. The Kier molecular flexibility index (Phi) is 6.94. The Morgan fingerprint density at radius 3 is 2.43 bits per heavy atom. The van der Waals surface area contributed by atoms with Crippen molar-refractivity contribution < 1.29 is 4.79 Å². The topological polar surface area (TPSA) is 23.6 Å². The van der Waals surface area contributed by atoms with Crippen LogP contribution in [0, 0.1) is 19.8 Å². The molecule has 2 aromatic rings. The number of amides is 1. The summed E-state index contributed by atoms with van der Waals surface area (Å²) in [5.74, 6) is 1.26. The van der Waals surface area contributed by atoms with Gasteiger partial charge in [-0.25, -0.2) is 0 Å².